The topological polar surface area (TPSA) is 115 Å². The van der Waals surface area contributed by atoms with Gasteiger partial charge in [-0.2, -0.15) is 0 Å². The Bertz CT molecular complexity index is 1310. The number of hydrogen-bond donors (Lipinski definition) is 3. The van der Waals surface area contributed by atoms with E-state index in [4.69, 9.17) is 5.73 Å². The Balaban J connectivity index is 1.63. The summed E-state index contributed by atoms with van der Waals surface area (Å²) in [6.45, 7) is 0.417. The minimum absolute atomic E-state index is 0.0988. The second-order valence-corrected chi connectivity index (χ2v) is 7.91. The molecule has 0 saturated carbocycles. The highest BCUT2D eigenvalue weighted by atomic mass is 16.2. The smallest absolute Gasteiger partial charge is 0.279 e. The fourth-order valence-corrected chi connectivity index (χ4v) is 3.58. The fraction of sp³-hybridized carbons (Fsp3) is 0.154. The summed E-state index contributed by atoms with van der Waals surface area (Å²) in [4.78, 5) is 34.8. The van der Waals surface area contributed by atoms with Gasteiger partial charge in [0.15, 0.2) is 0 Å². The number of anilines is 2. The number of benzene rings is 2. The van der Waals surface area contributed by atoms with E-state index >= 15 is 0 Å². The Labute approximate surface area is 197 Å². The Morgan fingerprint density at radius 1 is 1.00 bits per heavy atom. The SMILES string of the molecule is Cn1c(NC[C@@H](N)Cc2ccccc2)nc(-c2ccncc2)c(NC(=O)c2ccccc2)c1=O. The Morgan fingerprint density at radius 3 is 2.32 bits per heavy atom. The molecule has 34 heavy (non-hydrogen) atoms. The average Bonchev–Trinajstić information content (AvgIpc) is 2.88. The number of nitrogens with zero attached hydrogens (tertiary/aromatic N) is 3. The van der Waals surface area contributed by atoms with Crippen LogP contribution in [0.4, 0.5) is 11.6 Å². The molecule has 0 fully saturated rings. The molecule has 2 heterocycles. The second-order valence-electron chi connectivity index (χ2n) is 7.91. The third-order valence-corrected chi connectivity index (χ3v) is 5.38. The molecule has 0 saturated heterocycles. The number of amides is 1. The van der Waals surface area contributed by atoms with E-state index in [1.165, 1.54) is 4.57 Å². The van der Waals surface area contributed by atoms with E-state index < -0.39 is 0 Å². The standard InChI is InChI=1S/C26H26N6O2/c1-32-25(34)23(30-24(33)20-10-6-3-7-11-20)22(19-12-14-28-15-13-19)31-26(32)29-17-21(27)16-18-8-4-2-5-9-18/h2-15,21H,16-17,27H2,1H3,(H,29,31)(H,30,33)/t21-/m0/s1. The molecule has 8 heteroatoms. The maximum atomic E-state index is 13.3. The summed E-state index contributed by atoms with van der Waals surface area (Å²) < 4.78 is 1.38. The van der Waals surface area contributed by atoms with Crippen LogP contribution in [-0.2, 0) is 13.5 Å². The van der Waals surface area contributed by atoms with Crippen LogP contribution in [0.25, 0.3) is 11.3 Å². The van der Waals surface area contributed by atoms with E-state index in [9.17, 15) is 9.59 Å². The van der Waals surface area contributed by atoms with Gasteiger partial charge in [-0.1, -0.05) is 48.5 Å². The molecule has 0 radical (unpaired) electrons. The molecule has 2 aromatic carbocycles. The molecule has 1 amide bonds. The zero-order valence-electron chi connectivity index (χ0n) is 18.8. The minimum atomic E-state index is -0.389. The van der Waals surface area contributed by atoms with Crippen LogP contribution in [0.15, 0.2) is 90.0 Å². The number of rotatable bonds is 8. The molecule has 4 N–H and O–H groups in total. The minimum Gasteiger partial charge on any atom is -0.354 e. The van der Waals surface area contributed by atoms with Crippen molar-refractivity contribution in [2.75, 3.05) is 17.2 Å². The first-order valence-corrected chi connectivity index (χ1v) is 10.9. The van der Waals surface area contributed by atoms with Gasteiger partial charge in [-0.25, -0.2) is 4.98 Å². The maximum absolute atomic E-state index is 13.3. The van der Waals surface area contributed by atoms with Crippen molar-refractivity contribution in [3.8, 4) is 11.3 Å². The lowest BCUT2D eigenvalue weighted by Gasteiger charge is -2.18. The van der Waals surface area contributed by atoms with Gasteiger partial charge < -0.3 is 16.4 Å². The molecule has 8 nitrogen and oxygen atoms in total. The zero-order valence-corrected chi connectivity index (χ0v) is 18.8. The summed E-state index contributed by atoms with van der Waals surface area (Å²) in [5.74, 6) is -0.0292. The van der Waals surface area contributed by atoms with Gasteiger partial charge in [0.1, 0.15) is 11.4 Å². The van der Waals surface area contributed by atoms with Crippen LogP contribution >= 0.6 is 0 Å². The van der Waals surface area contributed by atoms with Crippen LogP contribution in [0.2, 0.25) is 0 Å². The Morgan fingerprint density at radius 2 is 1.65 bits per heavy atom. The average molecular weight is 455 g/mol. The third-order valence-electron chi connectivity index (χ3n) is 5.38. The summed E-state index contributed by atoms with van der Waals surface area (Å²) in [5.41, 5.74) is 8.62. The Kier molecular flexibility index (Phi) is 7.10. The molecule has 172 valence electrons. The number of carbonyl (C=O) groups is 1. The highest BCUT2D eigenvalue weighted by Crippen LogP contribution is 2.24. The lowest BCUT2D eigenvalue weighted by molar-refractivity contribution is 0.102. The van der Waals surface area contributed by atoms with Gasteiger partial charge in [-0.3, -0.25) is 19.1 Å². The van der Waals surface area contributed by atoms with Crippen molar-refractivity contribution in [2.45, 2.75) is 12.5 Å². The summed E-state index contributed by atoms with van der Waals surface area (Å²) in [5, 5.41) is 5.95. The molecular formula is C26H26N6O2. The summed E-state index contributed by atoms with van der Waals surface area (Å²) in [7, 11) is 1.61. The van der Waals surface area contributed by atoms with E-state index in [1.54, 1.807) is 55.8 Å². The van der Waals surface area contributed by atoms with Crippen LogP contribution in [-0.4, -0.2) is 33.0 Å². The molecule has 0 aliphatic carbocycles. The fourth-order valence-electron chi connectivity index (χ4n) is 3.58. The van der Waals surface area contributed by atoms with Gasteiger partial charge in [-0.15, -0.1) is 0 Å². The largest absolute Gasteiger partial charge is 0.354 e. The summed E-state index contributed by atoms with van der Waals surface area (Å²) >= 11 is 0. The highest BCUT2D eigenvalue weighted by molar-refractivity contribution is 6.05. The first-order chi connectivity index (χ1) is 16.5. The second kappa shape index (κ2) is 10.5. The lowest BCUT2D eigenvalue weighted by Crippen LogP contribution is -2.34. The number of pyridine rings is 1. The maximum Gasteiger partial charge on any atom is 0.279 e. The normalized spacial score (nSPS) is 11.6. The molecule has 4 aromatic rings. The van der Waals surface area contributed by atoms with E-state index in [-0.39, 0.29) is 23.2 Å². The molecule has 1 atom stereocenters. The van der Waals surface area contributed by atoms with Gasteiger partial charge in [0.2, 0.25) is 5.95 Å². The quantitative estimate of drug-likeness (QED) is 0.377. The summed E-state index contributed by atoms with van der Waals surface area (Å²) in [6.07, 6.45) is 3.91. The van der Waals surface area contributed by atoms with E-state index in [1.807, 2.05) is 36.4 Å². The molecule has 0 bridgehead atoms. The van der Waals surface area contributed by atoms with Gasteiger partial charge in [0.05, 0.1) is 0 Å². The van der Waals surface area contributed by atoms with Crippen molar-refractivity contribution in [3.05, 3.63) is 107 Å². The van der Waals surface area contributed by atoms with Crippen LogP contribution in [0.5, 0.6) is 0 Å². The van der Waals surface area contributed by atoms with E-state index in [0.29, 0.717) is 35.7 Å². The predicted molar refractivity (Wildman–Crippen MR) is 134 cm³/mol. The monoisotopic (exact) mass is 454 g/mol. The van der Waals surface area contributed by atoms with Gasteiger partial charge in [0, 0.05) is 43.2 Å². The molecule has 2 aromatic heterocycles. The number of carbonyl (C=O) groups excluding carboxylic acids is 1. The molecule has 0 aliphatic heterocycles. The molecular weight excluding hydrogens is 428 g/mol. The molecule has 0 aliphatic rings. The lowest BCUT2D eigenvalue weighted by atomic mass is 10.1. The molecule has 4 rings (SSSR count). The van der Waals surface area contributed by atoms with Crippen molar-refractivity contribution in [1.29, 1.82) is 0 Å². The van der Waals surface area contributed by atoms with E-state index in [0.717, 1.165) is 5.56 Å². The number of aromatic nitrogens is 3. The van der Waals surface area contributed by atoms with Gasteiger partial charge in [-0.05, 0) is 36.2 Å². The van der Waals surface area contributed by atoms with Crippen LogP contribution in [0.3, 0.4) is 0 Å². The van der Waals surface area contributed by atoms with Crippen molar-refractivity contribution >= 4 is 17.5 Å². The number of nitrogens with one attached hydrogen (secondary N) is 2. The van der Waals surface area contributed by atoms with E-state index in [2.05, 4.69) is 20.6 Å². The van der Waals surface area contributed by atoms with Crippen molar-refractivity contribution in [1.82, 2.24) is 14.5 Å². The van der Waals surface area contributed by atoms with Gasteiger partial charge >= 0.3 is 0 Å². The number of nitrogens with two attached hydrogens (primary N) is 1. The van der Waals surface area contributed by atoms with Crippen LogP contribution in [0, 0.1) is 0 Å². The first-order valence-electron chi connectivity index (χ1n) is 10.9. The van der Waals surface area contributed by atoms with Crippen LogP contribution < -0.4 is 21.9 Å². The van der Waals surface area contributed by atoms with Crippen molar-refractivity contribution in [2.24, 2.45) is 12.8 Å². The summed E-state index contributed by atoms with van der Waals surface area (Å²) in [6, 6.07) is 22.0. The van der Waals surface area contributed by atoms with Crippen molar-refractivity contribution < 1.29 is 4.79 Å². The third kappa shape index (κ3) is 5.36. The van der Waals surface area contributed by atoms with Crippen molar-refractivity contribution in [3.63, 3.8) is 0 Å². The molecule has 0 spiro atoms. The van der Waals surface area contributed by atoms with Gasteiger partial charge in [0.25, 0.3) is 11.5 Å². The zero-order chi connectivity index (χ0) is 23.9. The first kappa shape index (κ1) is 22.9. The number of hydrogen-bond acceptors (Lipinski definition) is 6. The predicted octanol–water partition coefficient (Wildman–Crippen LogP) is 3.08. The Hall–Kier alpha value is -4.30. The molecule has 0 unspecified atom stereocenters. The van der Waals surface area contributed by atoms with Crippen LogP contribution in [0.1, 0.15) is 15.9 Å². The highest BCUT2D eigenvalue weighted by Gasteiger charge is 2.19.